The highest BCUT2D eigenvalue weighted by atomic mass is 19.4. The van der Waals surface area contributed by atoms with E-state index >= 15 is 0 Å². The van der Waals surface area contributed by atoms with Crippen LogP contribution in [0.3, 0.4) is 0 Å². The Morgan fingerprint density at radius 3 is 2.59 bits per heavy atom. The Morgan fingerprint density at radius 1 is 1.29 bits per heavy atom. The number of hydrogen-bond donors (Lipinski definition) is 4. The van der Waals surface area contributed by atoms with Gasteiger partial charge in [0, 0.05) is 31.9 Å². The van der Waals surface area contributed by atoms with Crippen LogP contribution in [0.2, 0.25) is 0 Å². The van der Waals surface area contributed by atoms with E-state index in [1.54, 1.807) is 6.07 Å². The molecule has 1 amide bonds. The minimum atomic E-state index is -4.78. The molecule has 1 aliphatic heterocycles. The molecule has 9 nitrogen and oxygen atoms in total. The summed E-state index contributed by atoms with van der Waals surface area (Å²) >= 11 is 0. The lowest BCUT2D eigenvalue weighted by molar-refractivity contribution is -0.137. The number of rotatable bonds is 6. The number of nitrogens with zero attached hydrogens (tertiary/aromatic N) is 3. The van der Waals surface area contributed by atoms with Gasteiger partial charge in [-0.25, -0.2) is 9.98 Å². The summed E-state index contributed by atoms with van der Waals surface area (Å²) in [5, 5.41) is 10.2. The Bertz CT molecular complexity index is 1140. The van der Waals surface area contributed by atoms with E-state index in [4.69, 9.17) is 21.6 Å². The van der Waals surface area contributed by atoms with Crippen molar-refractivity contribution in [1.82, 2.24) is 10.3 Å². The van der Waals surface area contributed by atoms with Crippen LogP contribution in [-0.2, 0) is 10.9 Å². The summed E-state index contributed by atoms with van der Waals surface area (Å²) in [6.45, 7) is 1.85. The highest BCUT2D eigenvalue weighted by Gasteiger charge is 2.37. The molecule has 0 aliphatic carbocycles. The van der Waals surface area contributed by atoms with Gasteiger partial charge in [-0.05, 0) is 35.5 Å². The van der Waals surface area contributed by atoms with Gasteiger partial charge in [0.15, 0.2) is 5.82 Å². The first-order valence-corrected chi connectivity index (χ1v) is 10.2. The van der Waals surface area contributed by atoms with Crippen LogP contribution in [0.5, 0.6) is 0 Å². The molecule has 0 atom stereocenters. The summed E-state index contributed by atoms with van der Waals surface area (Å²) < 4.78 is 46.8. The van der Waals surface area contributed by atoms with E-state index in [1.165, 1.54) is 31.5 Å². The number of halogens is 3. The molecule has 1 aromatic heterocycles. The second-order valence-corrected chi connectivity index (χ2v) is 7.21. The Labute approximate surface area is 193 Å². The molecule has 0 radical (unpaired) electrons. The zero-order valence-electron chi connectivity index (χ0n) is 18.3. The lowest BCUT2D eigenvalue weighted by atomic mass is 9.92. The molecule has 1 saturated heterocycles. The molecule has 0 spiro atoms. The first-order chi connectivity index (χ1) is 16.2. The molecule has 0 unspecified atom stereocenters. The number of amidine groups is 1. The van der Waals surface area contributed by atoms with Crippen LogP contribution >= 0.6 is 0 Å². The van der Waals surface area contributed by atoms with Crippen molar-refractivity contribution in [3.05, 3.63) is 53.2 Å². The van der Waals surface area contributed by atoms with Crippen LogP contribution in [0.4, 0.5) is 24.8 Å². The van der Waals surface area contributed by atoms with Crippen LogP contribution in [0.1, 0.15) is 21.5 Å². The number of pyridine rings is 1. The van der Waals surface area contributed by atoms with Gasteiger partial charge in [-0.3, -0.25) is 4.79 Å². The van der Waals surface area contributed by atoms with Crippen LogP contribution in [0.15, 0.2) is 41.5 Å². The highest BCUT2D eigenvalue weighted by molar-refractivity contribution is 6.06. The molecule has 1 fully saturated rings. The second kappa shape index (κ2) is 10.3. The summed E-state index contributed by atoms with van der Waals surface area (Å²) in [7, 11) is 1.25. The summed E-state index contributed by atoms with van der Waals surface area (Å²) in [5.41, 5.74) is 9.82. The minimum absolute atomic E-state index is 0.00450. The van der Waals surface area contributed by atoms with Gasteiger partial charge in [0.25, 0.3) is 5.91 Å². The fourth-order valence-electron chi connectivity index (χ4n) is 3.57. The molecule has 12 heteroatoms. The minimum Gasteiger partial charge on any atom is -0.404 e. The lowest BCUT2D eigenvalue weighted by Crippen LogP contribution is -2.36. The number of nitrogens with two attached hydrogens (primary N) is 2. The molecule has 0 bridgehead atoms. The summed E-state index contributed by atoms with van der Waals surface area (Å²) in [5.74, 6) is -0.532. The number of aromatic nitrogens is 1. The van der Waals surface area contributed by atoms with Crippen LogP contribution in [-0.4, -0.2) is 56.3 Å². The van der Waals surface area contributed by atoms with E-state index in [9.17, 15) is 18.0 Å². The van der Waals surface area contributed by atoms with Crippen molar-refractivity contribution in [1.29, 1.82) is 5.41 Å². The van der Waals surface area contributed by atoms with E-state index in [0.717, 1.165) is 12.3 Å². The number of morpholine rings is 1. The summed E-state index contributed by atoms with van der Waals surface area (Å²) in [6, 6.07) is 4.98. The second-order valence-electron chi connectivity index (χ2n) is 7.21. The molecule has 34 heavy (non-hydrogen) atoms. The molecule has 180 valence electrons. The van der Waals surface area contributed by atoms with Crippen molar-refractivity contribution in [2.75, 3.05) is 38.3 Å². The van der Waals surface area contributed by atoms with Crippen molar-refractivity contribution in [2.45, 2.75) is 6.18 Å². The molecule has 6 N–H and O–H groups in total. The number of benzene rings is 1. The molecular formula is C22H24F3N7O2. The van der Waals surface area contributed by atoms with Gasteiger partial charge in [-0.15, -0.1) is 0 Å². The molecule has 1 aromatic carbocycles. The number of hydrogen-bond acceptors (Lipinski definition) is 7. The van der Waals surface area contributed by atoms with Gasteiger partial charge in [0.2, 0.25) is 0 Å². The molecule has 1 aliphatic rings. The van der Waals surface area contributed by atoms with Crippen molar-refractivity contribution in [3.63, 3.8) is 0 Å². The smallest absolute Gasteiger partial charge is 0.404 e. The average molecular weight is 475 g/mol. The number of carbonyl (C=O) groups excluding carboxylic acids is 1. The van der Waals surface area contributed by atoms with E-state index in [0.29, 0.717) is 32.1 Å². The van der Waals surface area contributed by atoms with Crippen LogP contribution in [0, 0.1) is 5.41 Å². The van der Waals surface area contributed by atoms with Gasteiger partial charge in [-0.1, -0.05) is 12.1 Å². The number of amides is 1. The number of alkyl halides is 3. The molecular weight excluding hydrogens is 451 g/mol. The molecule has 3 rings (SSSR count). The maximum Gasteiger partial charge on any atom is 0.417 e. The van der Waals surface area contributed by atoms with Crippen molar-refractivity contribution < 1.29 is 22.7 Å². The fraction of sp³-hybridized carbons (Fsp3) is 0.273. The van der Waals surface area contributed by atoms with Gasteiger partial charge in [0.05, 0.1) is 24.3 Å². The third-order valence-corrected chi connectivity index (χ3v) is 5.12. The van der Waals surface area contributed by atoms with Gasteiger partial charge < -0.3 is 31.8 Å². The number of aliphatic imine (C=N–C) groups is 1. The molecule has 0 saturated carbocycles. The molecule has 2 heterocycles. The first-order valence-electron chi connectivity index (χ1n) is 10.2. The number of anilines is 1. The zero-order valence-corrected chi connectivity index (χ0v) is 18.3. The fourth-order valence-corrected chi connectivity index (χ4v) is 3.57. The summed E-state index contributed by atoms with van der Waals surface area (Å²) in [4.78, 5) is 23.2. The summed E-state index contributed by atoms with van der Waals surface area (Å²) in [6.07, 6.45) is -1.37. The number of ether oxygens (including phenoxy) is 1. The van der Waals surface area contributed by atoms with E-state index in [-0.39, 0.29) is 28.3 Å². The standard InChI is InChI=1S/C22H24F3N7O2/c1-29-21(33)19-13(3-2-4-16(19)22(23,24)25)14-11-18(32-7-9-34-10-8-32)31-20(15(14)12-27)30-17(28)5-6-26/h2-6,11-12,27H,7-10,26H2,1H3,(H,29,33)(H2,28,30,31)/b6-5-,27-12?. The predicted molar refractivity (Wildman–Crippen MR) is 124 cm³/mol. The van der Waals surface area contributed by atoms with E-state index in [1.807, 2.05) is 4.90 Å². The Hall–Kier alpha value is -3.93. The Kier molecular flexibility index (Phi) is 7.51. The average Bonchev–Trinajstić information content (AvgIpc) is 2.82. The topological polar surface area (TPSA) is 143 Å². The maximum atomic E-state index is 13.8. The van der Waals surface area contributed by atoms with Crippen molar-refractivity contribution >= 4 is 29.6 Å². The predicted octanol–water partition coefficient (Wildman–Crippen LogP) is 2.42. The zero-order chi connectivity index (χ0) is 24.9. The SMILES string of the molecule is CNC(=O)c1c(-c2cc(N3CCOCC3)nc(/N=C(N)\C=C/N)c2C=N)cccc1C(F)(F)F. The van der Waals surface area contributed by atoms with E-state index in [2.05, 4.69) is 15.3 Å². The number of carbonyl (C=O) groups is 1. The van der Waals surface area contributed by atoms with Crippen molar-refractivity contribution in [2.24, 2.45) is 16.5 Å². The van der Waals surface area contributed by atoms with E-state index < -0.39 is 23.2 Å². The van der Waals surface area contributed by atoms with Crippen molar-refractivity contribution in [3.8, 4) is 11.1 Å². The van der Waals surface area contributed by atoms with Gasteiger partial charge >= 0.3 is 6.18 Å². The monoisotopic (exact) mass is 475 g/mol. The lowest BCUT2D eigenvalue weighted by Gasteiger charge is -2.29. The third-order valence-electron chi connectivity index (χ3n) is 5.12. The third kappa shape index (κ3) is 5.17. The highest BCUT2D eigenvalue weighted by Crippen LogP contribution is 2.40. The molecule has 2 aromatic rings. The largest absolute Gasteiger partial charge is 0.417 e. The quantitative estimate of drug-likeness (QED) is 0.373. The van der Waals surface area contributed by atoms with Gasteiger partial charge in [0.1, 0.15) is 11.7 Å². The van der Waals surface area contributed by atoms with Crippen LogP contribution in [0.25, 0.3) is 11.1 Å². The maximum absolute atomic E-state index is 13.8. The first kappa shape index (κ1) is 24.7. The van der Waals surface area contributed by atoms with Gasteiger partial charge in [-0.2, -0.15) is 13.2 Å². The van der Waals surface area contributed by atoms with Crippen LogP contribution < -0.4 is 21.7 Å². The normalized spacial score (nSPS) is 14.9. The number of nitrogens with one attached hydrogen (secondary N) is 2. The Balaban J connectivity index is 2.38. The Morgan fingerprint density at radius 2 is 2.00 bits per heavy atom.